The number of guanidine groups is 1. The summed E-state index contributed by atoms with van der Waals surface area (Å²) in [6.45, 7) is 1.33. The Balaban J connectivity index is 1.48. The Bertz CT molecular complexity index is 1070. The lowest BCUT2D eigenvalue weighted by molar-refractivity contribution is 0.797. The van der Waals surface area contributed by atoms with E-state index in [1.54, 1.807) is 6.20 Å². The van der Waals surface area contributed by atoms with E-state index in [1.807, 2.05) is 55.0 Å². The molecule has 0 radical (unpaired) electrons. The first-order valence-electron chi connectivity index (χ1n) is 9.53. The molecule has 0 saturated heterocycles. The quantitative estimate of drug-likeness (QED) is 0.381. The van der Waals surface area contributed by atoms with Crippen LogP contribution in [0.3, 0.4) is 0 Å². The maximum atomic E-state index is 6.06. The van der Waals surface area contributed by atoms with E-state index in [1.165, 1.54) is 11.1 Å². The van der Waals surface area contributed by atoms with E-state index in [-0.39, 0.29) is 0 Å². The molecule has 0 unspecified atom stereocenters. The van der Waals surface area contributed by atoms with Crippen molar-refractivity contribution in [2.75, 3.05) is 5.32 Å². The number of aromatic nitrogens is 2. The number of rotatable bonds is 6. The summed E-state index contributed by atoms with van der Waals surface area (Å²) >= 11 is 0. The predicted octanol–water partition coefficient (Wildman–Crippen LogP) is 4.53. The molecule has 4 rings (SSSR count). The summed E-state index contributed by atoms with van der Waals surface area (Å²) in [6, 6.07) is 26.7. The Hall–Kier alpha value is -3.86. The Morgan fingerprint density at radius 3 is 2.45 bits per heavy atom. The third-order valence-electron chi connectivity index (χ3n) is 4.67. The van der Waals surface area contributed by atoms with Crippen LogP contribution in [0.1, 0.15) is 11.1 Å². The maximum absolute atomic E-state index is 6.06. The van der Waals surface area contributed by atoms with Gasteiger partial charge in [0.1, 0.15) is 0 Å². The van der Waals surface area contributed by atoms with Crippen LogP contribution >= 0.6 is 0 Å². The van der Waals surface area contributed by atoms with Crippen LogP contribution in [-0.2, 0) is 13.1 Å². The van der Waals surface area contributed by atoms with E-state index in [4.69, 9.17) is 5.73 Å². The van der Waals surface area contributed by atoms with Crippen molar-refractivity contribution in [3.63, 3.8) is 0 Å². The fourth-order valence-electron chi connectivity index (χ4n) is 3.20. The number of imidazole rings is 1. The summed E-state index contributed by atoms with van der Waals surface area (Å²) in [5.41, 5.74) is 11.7. The number of nitrogens with one attached hydrogen (secondary N) is 1. The zero-order chi connectivity index (χ0) is 19.9. The van der Waals surface area contributed by atoms with Gasteiger partial charge in [-0.25, -0.2) is 9.98 Å². The number of hydrogen-bond donors (Lipinski definition) is 2. The molecule has 0 bridgehead atoms. The Labute approximate surface area is 170 Å². The molecule has 0 atom stereocenters. The molecule has 1 aromatic heterocycles. The van der Waals surface area contributed by atoms with Gasteiger partial charge in [0.05, 0.1) is 12.9 Å². The van der Waals surface area contributed by atoms with E-state index in [9.17, 15) is 0 Å². The third kappa shape index (κ3) is 4.90. The molecule has 0 spiro atoms. The standard InChI is InChI=1S/C24H23N5/c25-24(28-22-7-2-1-3-8-22)27-16-21-6-4-5-9-23(21)20-12-10-19(11-13-20)17-29-15-14-26-18-29/h1-15,18H,16-17H2,(H3,25,27,28). The van der Waals surface area contributed by atoms with Crippen molar-refractivity contribution < 1.29 is 0 Å². The molecule has 0 aliphatic heterocycles. The highest BCUT2D eigenvalue weighted by Crippen LogP contribution is 2.25. The highest BCUT2D eigenvalue weighted by atomic mass is 15.1. The SMILES string of the molecule is NC(=NCc1ccccc1-c1ccc(Cn2ccnc2)cc1)Nc1ccccc1. The van der Waals surface area contributed by atoms with Gasteiger partial charge in [0.15, 0.2) is 5.96 Å². The lowest BCUT2D eigenvalue weighted by Crippen LogP contribution is -2.22. The van der Waals surface area contributed by atoms with Gasteiger partial charge in [0.25, 0.3) is 0 Å². The number of nitrogens with two attached hydrogens (primary N) is 1. The minimum Gasteiger partial charge on any atom is -0.370 e. The van der Waals surface area contributed by atoms with Gasteiger partial charge in [-0.05, 0) is 34.4 Å². The first-order chi connectivity index (χ1) is 14.3. The zero-order valence-corrected chi connectivity index (χ0v) is 16.1. The predicted molar refractivity (Wildman–Crippen MR) is 119 cm³/mol. The van der Waals surface area contributed by atoms with Crippen molar-refractivity contribution in [3.8, 4) is 11.1 Å². The monoisotopic (exact) mass is 381 g/mol. The number of para-hydroxylation sites is 1. The molecule has 5 nitrogen and oxygen atoms in total. The maximum Gasteiger partial charge on any atom is 0.193 e. The first-order valence-corrected chi connectivity index (χ1v) is 9.53. The van der Waals surface area contributed by atoms with Crippen molar-refractivity contribution in [1.29, 1.82) is 0 Å². The van der Waals surface area contributed by atoms with Gasteiger partial charge in [-0.1, -0.05) is 66.7 Å². The summed E-state index contributed by atoms with van der Waals surface area (Å²) in [5.74, 6) is 0.404. The molecular weight excluding hydrogens is 358 g/mol. The van der Waals surface area contributed by atoms with E-state index < -0.39 is 0 Å². The highest BCUT2D eigenvalue weighted by molar-refractivity contribution is 5.92. The van der Waals surface area contributed by atoms with Crippen molar-refractivity contribution in [1.82, 2.24) is 9.55 Å². The second kappa shape index (κ2) is 8.89. The van der Waals surface area contributed by atoms with E-state index >= 15 is 0 Å². The molecule has 3 aromatic carbocycles. The van der Waals surface area contributed by atoms with Gasteiger partial charge in [-0.2, -0.15) is 0 Å². The average Bonchev–Trinajstić information content (AvgIpc) is 3.27. The lowest BCUT2D eigenvalue weighted by atomic mass is 9.98. The number of benzene rings is 3. The number of hydrogen-bond acceptors (Lipinski definition) is 2. The largest absolute Gasteiger partial charge is 0.370 e. The van der Waals surface area contributed by atoms with E-state index in [0.717, 1.165) is 23.4 Å². The molecule has 29 heavy (non-hydrogen) atoms. The van der Waals surface area contributed by atoms with Crippen molar-refractivity contribution >= 4 is 11.6 Å². The van der Waals surface area contributed by atoms with Crippen LogP contribution in [0.5, 0.6) is 0 Å². The van der Waals surface area contributed by atoms with Crippen LogP contribution in [0.2, 0.25) is 0 Å². The van der Waals surface area contributed by atoms with Gasteiger partial charge in [-0.15, -0.1) is 0 Å². The molecule has 0 aliphatic carbocycles. The summed E-state index contributed by atoms with van der Waals surface area (Å²) < 4.78 is 2.06. The van der Waals surface area contributed by atoms with Crippen LogP contribution in [-0.4, -0.2) is 15.5 Å². The molecule has 1 heterocycles. The number of anilines is 1. The van der Waals surface area contributed by atoms with Crippen molar-refractivity contribution in [2.45, 2.75) is 13.1 Å². The summed E-state index contributed by atoms with van der Waals surface area (Å²) in [4.78, 5) is 8.61. The van der Waals surface area contributed by atoms with Crippen LogP contribution in [0.4, 0.5) is 5.69 Å². The van der Waals surface area contributed by atoms with Crippen molar-refractivity contribution in [2.24, 2.45) is 10.7 Å². The fraction of sp³-hybridized carbons (Fsp3) is 0.0833. The zero-order valence-electron chi connectivity index (χ0n) is 16.1. The second-order valence-corrected chi connectivity index (χ2v) is 6.78. The molecule has 0 aliphatic rings. The number of aliphatic imine (C=N–C) groups is 1. The minimum atomic E-state index is 0.404. The van der Waals surface area contributed by atoms with Gasteiger partial charge in [0.2, 0.25) is 0 Å². The molecule has 4 aromatic rings. The molecule has 144 valence electrons. The second-order valence-electron chi connectivity index (χ2n) is 6.78. The Morgan fingerprint density at radius 2 is 1.69 bits per heavy atom. The topological polar surface area (TPSA) is 68.2 Å². The van der Waals surface area contributed by atoms with E-state index in [2.05, 4.69) is 56.3 Å². The van der Waals surface area contributed by atoms with Gasteiger partial charge in [-0.3, -0.25) is 0 Å². The number of nitrogens with zero attached hydrogens (tertiary/aromatic N) is 3. The Kier molecular flexibility index (Phi) is 5.67. The third-order valence-corrected chi connectivity index (χ3v) is 4.67. The van der Waals surface area contributed by atoms with Gasteiger partial charge in [0, 0.05) is 24.6 Å². The van der Waals surface area contributed by atoms with E-state index in [0.29, 0.717) is 12.5 Å². The summed E-state index contributed by atoms with van der Waals surface area (Å²) in [5, 5.41) is 3.12. The molecule has 0 fully saturated rings. The highest BCUT2D eigenvalue weighted by Gasteiger charge is 2.05. The molecule has 0 amide bonds. The smallest absolute Gasteiger partial charge is 0.193 e. The molecule has 5 heteroatoms. The lowest BCUT2D eigenvalue weighted by Gasteiger charge is -2.10. The minimum absolute atomic E-state index is 0.404. The summed E-state index contributed by atoms with van der Waals surface area (Å²) in [7, 11) is 0. The van der Waals surface area contributed by atoms with Gasteiger partial charge >= 0.3 is 0 Å². The van der Waals surface area contributed by atoms with Crippen LogP contribution in [0.25, 0.3) is 11.1 Å². The first kappa shape index (κ1) is 18.5. The van der Waals surface area contributed by atoms with Crippen LogP contribution in [0, 0.1) is 0 Å². The van der Waals surface area contributed by atoms with Crippen LogP contribution < -0.4 is 11.1 Å². The fourth-order valence-corrected chi connectivity index (χ4v) is 3.20. The van der Waals surface area contributed by atoms with Crippen LogP contribution in [0.15, 0.2) is 103 Å². The average molecular weight is 381 g/mol. The normalized spacial score (nSPS) is 11.4. The summed E-state index contributed by atoms with van der Waals surface area (Å²) in [6.07, 6.45) is 5.59. The Morgan fingerprint density at radius 1 is 0.931 bits per heavy atom. The molecule has 0 saturated carbocycles. The van der Waals surface area contributed by atoms with Gasteiger partial charge < -0.3 is 15.6 Å². The molecular formula is C24H23N5. The van der Waals surface area contributed by atoms with Crippen molar-refractivity contribution in [3.05, 3.63) is 109 Å². The molecule has 3 N–H and O–H groups in total.